The number of amides is 2. The van der Waals surface area contributed by atoms with E-state index in [4.69, 9.17) is 0 Å². The molecule has 27 heavy (non-hydrogen) atoms. The van der Waals surface area contributed by atoms with Crippen molar-refractivity contribution in [3.63, 3.8) is 0 Å². The highest BCUT2D eigenvalue weighted by Crippen LogP contribution is 2.14. The average Bonchev–Trinajstić information content (AvgIpc) is 2.89. The van der Waals surface area contributed by atoms with Crippen molar-refractivity contribution in [2.45, 2.75) is 32.2 Å². The van der Waals surface area contributed by atoms with Crippen LogP contribution in [-0.2, 0) is 7.05 Å². The van der Waals surface area contributed by atoms with Crippen LogP contribution in [0.15, 0.2) is 35.5 Å². The molecule has 3 heterocycles. The molecule has 1 aliphatic rings. The van der Waals surface area contributed by atoms with E-state index in [9.17, 15) is 14.4 Å². The third-order valence-corrected chi connectivity index (χ3v) is 4.70. The molecule has 1 N–H and O–H groups in total. The predicted molar refractivity (Wildman–Crippen MR) is 99.5 cm³/mol. The highest BCUT2D eigenvalue weighted by atomic mass is 16.2. The number of hydrogen-bond acceptors (Lipinski definition) is 5. The number of likely N-dealkylation sites (tertiary alicyclic amines) is 1. The number of aromatic nitrogens is 3. The summed E-state index contributed by atoms with van der Waals surface area (Å²) in [7, 11) is 1.63. The molecule has 2 amide bonds. The van der Waals surface area contributed by atoms with E-state index in [2.05, 4.69) is 15.3 Å². The first-order valence-electron chi connectivity index (χ1n) is 8.99. The van der Waals surface area contributed by atoms with Crippen LogP contribution in [0.5, 0.6) is 0 Å². The van der Waals surface area contributed by atoms with Crippen molar-refractivity contribution < 1.29 is 9.59 Å². The molecule has 8 heteroatoms. The van der Waals surface area contributed by atoms with E-state index in [1.54, 1.807) is 30.4 Å². The van der Waals surface area contributed by atoms with Gasteiger partial charge in [0.2, 0.25) is 5.56 Å². The van der Waals surface area contributed by atoms with E-state index < -0.39 is 0 Å². The first-order chi connectivity index (χ1) is 12.9. The summed E-state index contributed by atoms with van der Waals surface area (Å²) in [4.78, 5) is 46.5. The second kappa shape index (κ2) is 8.11. The Hall–Kier alpha value is -3.03. The van der Waals surface area contributed by atoms with E-state index in [1.807, 2.05) is 6.92 Å². The van der Waals surface area contributed by atoms with Gasteiger partial charge < -0.3 is 14.8 Å². The average molecular weight is 369 g/mol. The van der Waals surface area contributed by atoms with Gasteiger partial charge in [0.15, 0.2) is 0 Å². The molecule has 0 saturated carbocycles. The summed E-state index contributed by atoms with van der Waals surface area (Å²) in [6, 6.07) is 2.94. The summed E-state index contributed by atoms with van der Waals surface area (Å²) in [6.45, 7) is 2.99. The predicted octanol–water partition coefficient (Wildman–Crippen LogP) is 0.908. The van der Waals surface area contributed by atoms with E-state index in [0.717, 1.165) is 18.5 Å². The quantitative estimate of drug-likeness (QED) is 0.867. The van der Waals surface area contributed by atoms with Crippen molar-refractivity contribution in [3.8, 4) is 0 Å². The molecule has 1 aliphatic heterocycles. The van der Waals surface area contributed by atoms with Gasteiger partial charge in [-0.15, -0.1) is 0 Å². The first kappa shape index (κ1) is 18.8. The summed E-state index contributed by atoms with van der Waals surface area (Å²) < 4.78 is 1.40. The smallest absolute Gasteiger partial charge is 0.271 e. The Morgan fingerprint density at radius 2 is 1.96 bits per heavy atom. The number of pyridine rings is 1. The van der Waals surface area contributed by atoms with Gasteiger partial charge >= 0.3 is 0 Å². The largest absolute Gasteiger partial charge is 0.348 e. The van der Waals surface area contributed by atoms with Crippen molar-refractivity contribution in [2.24, 2.45) is 7.05 Å². The molecule has 0 aromatic carbocycles. The first-order valence-corrected chi connectivity index (χ1v) is 8.99. The SMILES string of the molecule is Cc1cnc(C(=O)NC2CCCN(C(=O)c3ccc(=O)n(C)c3)CC2)cn1. The fourth-order valence-electron chi connectivity index (χ4n) is 3.12. The number of nitrogens with zero attached hydrogens (tertiary/aromatic N) is 4. The van der Waals surface area contributed by atoms with Crippen molar-refractivity contribution in [1.82, 2.24) is 24.8 Å². The van der Waals surface area contributed by atoms with Crippen LogP contribution in [0.3, 0.4) is 0 Å². The van der Waals surface area contributed by atoms with Crippen LogP contribution in [0.1, 0.15) is 45.8 Å². The minimum absolute atomic E-state index is 0.0152. The third-order valence-electron chi connectivity index (χ3n) is 4.70. The number of carbonyl (C=O) groups is 2. The summed E-state index contributed by atoms with van der Waals surface area (Å²) in [6.07, 6.45) is 6.85. The van der Waals surface area contributed by atoms with Gasteiger partial charge in [0.1, 0.15) is 5.69 Å². The maximum Gasteiger partial charge on any atom is 0.271 e. The lowest BCUT2D eigenvalue weighted by Crippen LogP contribution is -2.37. The fraction of sp³-hybridized carbons (Fsp3) is 0.421. The molecular formula is C19H23N5O3. The summed E-state index contributed by atoms with van der Waals surface area (Å²) in [5, 5.41) is 2.99. The van der Waals surface area contributed by atoms with Gasteiger partial charge in [-0.25, -0.2) is 4.98 Å². The minimum Gasteiger partial charge on any atom is -0.348 e. The summed E-state index contributed by atoms with van der Waals surface area (Å²) >= 11 is 0. The summed E-state index contributed by atoms with van der Waals surface area (Å²) in [5.74, 6) is -0.340. The molecule has 0 bridgehead atoms. The Labute approximate surface area is 157 Å². The Morgan fingerprint density at radius 1 is 1.15 bits per heavy atom. The van der Waals surface area contributed by atoms with Gasteiger partial charge in [0.05, 0.1) is 17.5 Å². The zero-order chi connectivity index (χ0) is 19.4. The lowest BCUT2D eigenvalue weighted by Gasteiger charge is -2.21. The number of carbonyl (C=O) groups excluding carboxylic acids is 2. The zero-order valence-corrected chi connectivity index (χ0v) is 15.5. The lowest BCUT2D eigenvalue weighted by atomic mass is 10.1. The molecule has 1 saturated heterocycles. The van der Waals surface area contributed by atoms with Crippen LogP contribution in [-0.4, -0.2) is 50.4 Å². The van der Waals surface area contributed by atoms with E-state index in [1.165, 1.54) is 16.8 Å². The molecule has 0 spiro atoms. The number of rotatable bonds is 3. The van der Waals surface area contributed by atoms with Crippen LogP contribution in [0.2, 0.25) is 0 Å². The van der Waals surface area contributed by atoms with Gasteiger partial charge in [-0.1, -0.05) is 0 Å². The van der Waals surface area contributed by atoms with Crippen LogP contribution < -0.4 is 10.9 Å². The van der Waals surface area contributed by atoms with E-state index >= 15 is 0 Å². The van der Waals surface area contributed by atoms with Gasteiger partial charge in [0, 0.05) is 44.6 Å². The number of nitrogens with one attached hydrogen (secondary N) is 1. The lowest BCUT2D eigenvalue weighted by molar-refractivity contribution is 0.0760. The Bertz CT molecular complexity index is 891. The molecule has 1 atom stereocenters. The highest BCUT2D eigenvalue weighted by Gasteiger charge is 2.23. The maximum absolute atomic E-state index is 12.7. The number of aryl methyl sites for hydroxylation is 2. The molecule has 1 fully saturated rings. The molecule has 1 unspecified atom stereocenters. The topological polar surface area (TPSA) is 97.2 Å². The van der Waals surface area contributed by atoms with E-state index in [0.29, 0.717) is 30.8 Å². The van der Waals surface area contributed by atoms with Gasteiger partial charge in [-0.3, -0.25) is 19.4 Å². The summed E-state index contributed by atoms with van der Waals surface area (Å²) in [5.41, 5.74) is 1.40. The van der Waals surface area contributed by atoms with Crippen molar-refractivity contribution in [2.75, 3.05) is 13.1 Å². The molecule has 0 radical (unpaired) electrons. The Balaban J connectivity index is 1.60. The maximum atomic E-state index is 12.7. The van der Waals surface area contributed by atoms with E-state index in [-0.39, 0.29) is 23.4 Å². The normalized spacial score (nSPS) is 17.3. The number of hydrogen-bond donors (Lipinski definition) is 1. The third kappa shape index (κ3) is 4.58. The molecule has 3 rings (SSSR count). The minimum atomic E-state index is -0.245. The molecular weight excluding hydrogens is 346 g/mol. The Morgan fingerprint density at radius 3 is 2.67 bits per heavy atom. The second-order valence-electron chi connectivity index (χ2n) is 6.80. The van der Waals surface area contributed by atoms with Crippen LogP contribution in [0.4, 0.5) is 0 Å². The van der Waals surface area contributed by atoms with Crippen molar-refractivity contribution >= 4 is 11.8 Å². The van der Waals surface area contributed by atoms with Crippen LogP contribution >= 0.6 is 0 Å². The monoisotopic (exact) mass is 369 g/mol. The molecule has 8 nitrogen and oxygen atoms in total. The molecule has 2 aromatic rings. The second-order valence-corrected chi connectivity index (χ2v) is 6.80. The van der Waals surface area contributed by atoms with Crippen LogP contribution in [0.25, 0.3) is 0 Å². The molecule has 0 aliphatic carbocycles. The van der Waals surface area contributed by atoms with Crippen molar-refractivity contribution in [3.05, 3.63) is 58.0 Å². The highest BCUT2D eigenvalue weighted by molar-refractivity contribution is 5.94. The van der Waals surface area contributed by atoms with Crippen LogP contribution in [0, 0.1) is 6.92 Å². The molecule has 142 valence electrons. The van der Waals surface area contributed by atoms with Gasteiger partial charge in [0.25, 0.3) is 11.8 Å². The van der Waals surface area contributed by atoms with Gasteiger partial charge in [-0.2, -0.15) is 0 Å². The molecule has 2 aromatic heterocycles. The van der Waals surface area contributed by atoms with Crippen molar-refractivity contribution in [1.29, 1.82) is 0 Å². The Kier molecular flexibility index (Phi) is 5.63. The fourth-order valence-corrected chi connectivity index (χ4v) is 3.12. The zero-order valence-electron chi connectivity index (χ0n) is 15.5. The van der Waals surface area contributed by atoms with Gasteiger partial charge in [-0.05, 0) is 32.3 Å². The standard InChI is InChI=1S/C19H23N5O3/c1-13-10-21-16(11-20-13)18(26)22-15-4-3-8-24(9-7-15)19(27)14-5-6-17(25)23(2)12-14/h5-6,10-12,15H,3-4,7-9H2,1-2H3,(H,22,26).